The molecule has 1 saturated heterocycles. The molecule has 0 spiro atoms. The van der Waals surface area contributed by atoms with Gasteiger partial charge in [0.25, 0.3) is 0 Å². The van der Waals surface area contributed by atoms with E-state index in [2.05, 4.69) is 4.90 Å². The molecule has 0 aromatic rings. The molecular weight excluding hydrogens is 276 g/mol. The minimum atomic E-state index is -3.06. The number of methoxy groups -OCH3 is 1. The Hall–Kier alpha value is -0.170. The van der Waals surface area contributed by atoms with Crippen molar-refractivity contribution in [3.63, 3.8) is 0 Å². The van der Waals surface area contributed by atoms with E-state index in [0.717, 1.165) is 51.6 Å². The van der Waals surface area contributed by atoms with E-state index in [1.54, 1.807) is 18.5 Å². The molecule has 5 nitrogen and oxygen atoms in total. The lowest BCUT2D eigenvalue weighted by molar-refractivity contribution is 0.0943. The van der Waals surface area contributed by atoms with E-state index >= 15 is 0 Å². The topological polar surface area (TPSA) is 49.9 Å². The van der Waals surface area contributed by atoms with Gasteiger partial charge in [0, 0.05) is 39.3 Å². The fourth-order valence-electron chi connectivity index (χ4n) is 3.81. The summed E-state index contributed by atoms with van der Waals surface area (Å²) in [5, 5.41) is -0.0981. The summed E-state index contributed by atoms with van der Waals surface area (Å²) in [5.41, 5.74) is 0. The van der Waals surface area contributed by atoms with Gasteiger partial charge in [0.15, 0.2) is 0 Å². The fraction of sp³-hybridized carbons (Fsp3) is 1.00. The Labute approximate surface area is 122 Å². The Morgan fingerprint density at radius 2 is 1.90 bits per heavy atom. The number of likely N-dealkylation sites (tertiary alicyclic amines) is 1. The molecule has 0 aromatic heterocycles. The van der Waals surface area contributed by atoms with Crippen molar-refractivity contribution in [2.24, 2.45) is 0 Å². The lowest BCUT2D eigenvalue weighted by atomic mass is 10.1. The van der Waals surface area contributed by atoms with Gasteiger partial charge in [0.2, 0.25) is 10.0 Å². The van der Waals surface area contributed by atoms with Gasteiger partial charge in [0.1, 0.15) is 0 Å². The monoisotopic (exact) mass is 302 g/mol. The van der Waals surface area contributed by atoms with Crippen LogP contribution in [0.4, 0.5) is 0 Å². The Morgan fingerprint density at radius 1 is 1.15 bits per heavy atom. The van der Waals surface area contributed by atoms with Crippen molar-refractivity contribution in [3.05, 3.63) is 0 Å². The lowest BCUT2D eigenvalue weighted by Crippen LogP contribution is -2.49. The van der Waals surface area contributed by atoms with Crippen LogP contribution in [0.3, 0.4) is 0 Å². The molecule has 3 atom stereocenters. The van der Waals surface area contributed by atoms with E-state index in [4.69, 9.17) is 4.74 Å². The van der Waals surface area contributed by atoms with E-state index in [1.165, 1.54) is 0 Å². The molecule has 0 amide bonds. The average Bonchev–Trinajstić information content (AvgIpc) is 3.02. The van der Waals surface area contributed by atoms with Crippen LogP contribution in [-0.2, 0) is 14.8 Å². The van der Waals surface area contributed by atoms with E-state index in [1.807, 2.05) is 0 Å². The molecule has 1 unspecified atom stereocenters. The molecule has 0 radical (unpaired) electrons. The number of hydrogen-bond donors (Lipinski definition) is 0. The number of likely N-dealkylation sites (N-methyl/N-ethyl adjacent to an activating group) is 1. The van der Waals surface area contributed by atoms with Gasteiger partial charge in [-0.2, -0.15) is 0 Å². The zero-order valence-electron chi connectivity index (χ0n) is 12.5. The molecule has 116 valence electrons. The summed E-state index contributed by atoms with van der Waals surface area (Å²) >= 11 is 0. The first-order valence-electron chi connectivity index (χ1n) is 7.77. The van der Waals surface area contributed by atoms with Crippen LogP contribution < -0.4 is 0 Å². The maximum Gasteiger partial charge on any atom is 0.217 e. The van der Waals surface area contributed by atoms with Crippen LogP contribution in [0.1, 0.15) is 38.5 Å². The van der Waals surface area contributed by atoms with Crippen LogP contribution >= 0.6 is 0 Å². The van der Waals surface area contributed by atoms with Gasteiger partial charge < -0.3 is 4.74 Å². The Bertz CT molecular complexity index is 449. The second-order valence-electron chi connectivity index (χ2n) is 6.47. The van der Waals surface area contributed by atoms with Crippen molar-refractivity contribution in [2.45, 2.75) is 62.0 Å². The summed E-state index contributed by atoms with van der Waals surface area (Å²) < 4.78 is 32.0. The van der Waals surface area contributed by atoms with Crippen molar-refractivity contribution >= 4 is 10.0 Å². The van der Waals surface area contributed by atoms with Gasteiger partial charge in [-0.15, -0.1) is 0 Å². The highest BCUT2D eigenvalue weighted by atomic mass is 32.2. The van der Waals surface area contributed by atoms with Gasteiger partial charge in [-0.05, 0) is 32.1 Å². The molecule has 3 aliphatic rings. The number of hydrogen-bond acceptors (Lipinski definition) is 4. The number of nitrogens with zero attached hydrogens (tertiary/aromatic N) is 2. The first kappa shape index (κ1) is 14.8. The van der Waals surface area contributed by atoms with Crippen molar-refractivity contribution in [1.29, 1.82) is 0 Å². The third-order valence-electron chi connectivity index (χ3n) is 5.24. The summed E-state index contributed by atoms with van der Waals surface area (Å²) in [6.07, 6.45) is 6.33. The SMILES string of the molecule is COC1CCN([C@H]2CCC[C@H]2N(C)S(=O)(=O)C2CC2)C1. The van der Waals surface area contributed by atoms with E-state index < -0.39 is 10.0 Å². The average molecular weight is 302 g/mol. The van der Waals surface area contributed by atoms with Gasteiger partial charge in [-0.3, -0.25) is 4.90 Å². The van der Waals surface area contributed by atoms with Crippen molar-refractivity contribution in [1.82, 2.24) is 9.21 Å². The summed E-state index contributed by atoms with van der Waals surface area (Å²) in [4.78, 5) is 2.45. The summed E-state index contributed by atoms with van der Waals surface area (Å²) in [6, 6.07) is 0.546. The van der Waals surface area contributed by atoms with Crippen LogP contribution in [0.2, 0.25) is 0 Å². The van der Waals surface area contributed by atoms with E-state index in [-0.39, 0.29) is 11.3 Å². The first-order chi connectivity index (χ1) is 9.54. The molecule has 3 fully saturated rings. The van der Waals surface area contributed by atoms with Crippen LogP contribution in [-0.4, -0.2) is 68.3 Å². The number of sulfonamides is 1. The second kappa shape index (κ2) is 5.55. The van der Waals surface area contributed by atoms with Gasteiger partial charge in [0.05, 0.1) is 11.4 Å². The zero-order valence-corrected chi connectivity index (χ0v) is 13.3. The van der Waals surface area contributed by atoms with Crippen molar-refractivity contribution < 1.29 is 13.2 Å². The fourth-order valence-corrected chi connectivity index (χ4v) is 5.63. The van der Waals surface area contributed by atoms with Crippen LogP contribution in [0, 0.1) is 0 Å². The van der Waals surface area contributed by atoms with Crippen LogP contribution in [0.5, 0.6) is 0 Å². The minimum Gasteiger partial charge on any atom is -0.380 e. The minimum absolute atomic E-state index is 0.0981. The predicted molar refractivity (Wildman–Crippen MR) is 78.1 cm³/mol. The largest absolute Gasteiger partial charge is 0.380 e. The molecular formula is C14H26N2O3S. The predicted octanol–water partition coefficient (Wildman–Crippen LogP) is 1.05. The standard InChI is InChI=1S/C14H26N2O3S/c1-15(20(17,18)12-6-7-12)13-4-3-5-14(13)16-9-8-11(10-16)19-2/h11-14H,3-10H2,1-2H3/t11?,13-,14+/m1/s1. The lowest BCUT2D eigenvalue weighted by Gasteiger charge is -2.34. The molecule has 2 saturated carbocycles. The van der Waals surface area contributed by atoms with E-state index in [9.17, 15) is 8.42 Å². The third-order valence-corrected chi connectivity index (χ3v) is 7.62. The molecule has 0 bridgehead atoms. The van der Waals surface area contributed by atoms with E-state index in [0.29, 0.717) is 12.1 Å². The highest BCUT2D eigenvalue weighted by Crippen LogP contribution is 2.36. The zero-order chi connectivity index (χ0) is 14.3. The summed E-state index contributed by atoms with van der Waals surface area (Å²) in [7, 11) is 0.505. The maximum atomic E-state index is 12.4. The molecule has 1 heterocycles. The Kier molecular flexibility index (Phi) is 4.10. The van der Waals surface area contributed by atoms with Crippen LogP contribution in [0.25, 0.3) is 0 Å². The maximum absolute atomic E-state index is 12.4. The van der Waals surface area contributed by atoms with Crippen molar-refractivity contribution in [3.8, 4) is 0 Å². The first-order valence-corrected chi connectivity index (χ1v) is 9.28. The number of rotatable bonds is 5. The Morgan fingerprint density at radius 3 is 2.50 bits per heavy atom. The van der Waals surface area contributed by atoms with Gasteiger partial charge >= 0.3 is 0 Å². The summed E-state index contributed by atoms with van der Waals surface area (Å²) in [5.74, 6) is 0. The molecule has 1 aliphatic heterocycles. The molecule has 20 heavy (non-hydrogen) atoms. The molecule has 6 heteroatoms. The molecule has 0 aromatic carbocycles. The molecule has 3 rings (SSSR count). The van der Waals surface area contributed by atoms with Crippen LogP contribution in [0.15, 0.2) is 0 Å². The van der Waals surface area contributed by atoms with Gasteiger partial charge in [-0.1, -0.05) is 6.42 Å². The third kappa shape index (κ3) is 2.63. The van der Waals surface area contributed by atoms with Crippen molar-refractivity contribution in [2.75, 3.05) is 27.2 Å². The Balaban J connectivity index is 1.69. The normalized spacial score (nSPS) is 36.0. The highest BCUT2D eigenvalue weighted by molar-refractivity contribution is 7.90. The van der Waals surface area contributed by atoms with Gasteiger partial charge in [-0.25, -0.2) is 12.7 Å². The summed E-state index contributed by atoms with van der Waals surface area (Å²) in [6.45, 7) is 1.99. The smallest absolute Gasteiger partial charge is 0.217 e. The number of ether oxygens (including phenoxy) is 1. The quantitative estimate of drug-likeness (QED) is 0.762. The molecule has 0 N–H and O–H groups in total. The highest BCUT2D eigenvalue weighted by Gasteiger charge is 2.45. The second-order valence-corrected chi connectivity index (χ2v) is 8.74. The molecule has 2 aliphatic carbocycles.